The van der Waals surface area contributed by atoms with Gasteiger partial charge >= 0.3 is 0 Å². The molecule has 0 radical (unpaired) electrons. The number of carbonyl (C=O) groups excluding carboxylic acids is 2. The van der Waals surface area contributed by atoms with Crippen molar-refractivity contribution < 1.29 is 18.4 Å². The monoisotopic (exact) mass is 535 g/mol. The highest BCUT2D eigenvalue weighted by molar-refractivity contribution is 7.13. The van der Waals surface area contributed by atoms with Gasteiger partial charge in [0.25, 0.3) is 11.8 Å². The molecule has 0 bridgehead atoms. The zero-order chi connectivity index (χ0) is 26.6. The van der Waals surface area contributed by atoms with E-state index in [1.54, 1.807) is 33.0 Å². The number of benzene rings is 1. The lowest BCUT2D eigenvalue weighted by atomic mass is 9.94. The number of likely N-dealkylation sites (tertiary alicyclic amines) is 1. The van der Waals surface area contributed by atoms with E-state index in [9.17, 15) is 18.4 Å². The highest BCUT2D eigenvalue weighted by atomic mass is 32.1. The smallest absolute Gasteiger partial charge is 0.273 e. The Hall–Kier alpha value is -3.66. The summed E-state index contributed by atoms with van der Waals surface area (Å²) in [5.41, 5.74) is 4.50. The third kappa shape index (κ3) is 4.26. The van der Waals surface area contributed by atoms with Gasteiger partial charge in [0.1, 0.15) is 22.0 Å². The summed E-state index contributed by atoms with van der Waals surface area (Å²) in [4.78, 5) is 37.2. The fourth-order valence-electron chi connectivity index (χ4n) is 5.91. The van der Waals surface area contributed by atoms with Gasteiger partial charge in [0.2, 0.25) is 5.92 Å². The lowest BCUT2D eigenvalue weighted by molar-refractivity contribution is -0.00609. The number of nitrogens with zero attached hydrogens (tertiary/aromatic N) is 4. The number of carbonyl (C=O) groups is 2. The molecule has 1 N–H and O–H groups in total. The van der Waals surface area contributed by atoms with E-state index in [0.29, 0.717) is 17.0 Å². The molecular formula is C28H27F2N5O2S. The predicted molar refractivity (Wildman–Crippen MR) is 141 cm³/mol. The minimum Gasteiger partial charge on any atom is -0.349 e. The van der Waals surface area contributed by atoms with Gasteiger partial charge in [-0.1, -0.05) is 24.3 Å². The number of hydrogen-bond acceptors (Lipinski definition) is 5. The first-order valence-electron chi connectivity index (χ1n) is 12.6. The largest absolute Gasteiger partial charge is 0.349 e. The number of rotatable bonds is 5. The highest BCUT2D eigenvalue weighted by Crippen LogP contribution is 2.49. The van der Waals surface area contributed by atoms with Crippen LogP contribution in [0.2, 0.25) is 0 Å². The number of imidazole rings is 1. The molecule has 10 heteroatoms. The van der Waals surface area contributed by atoms with Crippen LogP contribution in [-0.2, 0) is 0 Å². The number of fused-ring (bicyclic) bond motifs is 2. The van der Waals surface area contributed by atoms with Crippen LogP contribution in [0.5, 0.6) is 0 Å². The van der Waals surface area contributed by atoms with Crippen LogP contribution in [0, 0.1) is 25.7 Å². The Labute approximate surface area is 222 Å². The van der Waals surface area contributed by atoms with Gasteiger partial charge in [0, 0.05) is 43.1 Å². The summed E-state index contributed by atoms with van der Waals surface area (Å²) in [5.74, 6) is -4.12. The molecule has 6 rings (SSSR count). The van der Waals surface area contributed by atoms with Crippen molar-refractivity contribution in [1.82, 2.24) is 24.6 Å². The van der Waals surface area contributed by atoms with E-state index in [4.69, 9.17) is 0 Å². The number of thiazole rings is 1. The van der Waals surface area contributed by atoms with Gasteiger partial charge in [-0.3, -0.25) is 14.0 Å². The van der Waals surface area contributed by atoms with Crippen molar-refractivity contribution in [3.8, 4) is 10.6 Å². The molecule has 4 aromatic rings. The summed E-state index contributed by atoms with van der Waals surface area (Å²) in [6.45, 7) is 4.36. The van der Waals surface area contributed by atoms with Gasteiger partial charge in [0.15, 0.2) is 0 Å². The third-order valence-electron chi connectivity index (χ3n) is 7.97. The second-order valence-electron chi connectivity index (χ2n) is 10.3. The molecule has 3 atom stereocenters. The second kappa shape index (κ2) is 9.27. The minimum atomic E-state index is -2.76. The maximum Gasteiger partial charge on any atom is 0.273 e. The Kier molecular flexibility index (Phi) is 6.02. The molecule has 3 aromatic heterocycles. The Morgan fingerprint density at radius 2 is 2.00 bits per heavy atom. The summed E-state index contributed by atoms with van der Waals surface area (Å²) in [5, 5.41) is 5.36. The summed E-state index contributed by atoms with van der Waals surface area (Å²) >= 11 is 1.39. The molecule has 1 aliphatic carbocycles. The molecule has 1 saturated carbocycles. The lowest BCUT2D eigenvalue weighted by Gasteiger charge is -2.28. The highest BCUT2D eigenvalue weighted by Gasteiger charge is 2.55. The van der Waals surface area contributed by atoms with Crippen molar-refractivity contribution >= 4 is 28.8 Å². The van der Waals surface area contributed by atoms with Gasteiger partial charge < -0.3 is 10.2 Å². The Balaban J connectivity index is 1.24. The van der Waals surface area contributed by atoms with Crippen LogP contribution in [0.25, 0.3) is 16.2 Å². The van der Waals surface area contributed by atoms with E-state index >= 15 is 0 Å². The average Bonchev–Trinajstić information content (AvgIpc) is 3.66. The lowest BCUT2D eigenvalue weighted by Crippen LogP contribution is -2.46. The molecule has 4 heterocycles. The first-order valence-corrected chi connectivity index (χ1v) is 13.5. The van der Waals surface area contributed by atoms with Gasteiger partial charge in [-0.25, -0.2) is 18.7 Å². The fourth-order valence-corrected chi connectivity index (χ4v) is 6.78. The summed E-state index contributed by atoms with van der Waals surface area (Å²) in [7, 11) is 0. The number of aryl methyl sites for hydroxylation is 1. The number of alkyl halides is 2. The Morgan fingerprint density at radius 1 is 1.16 bits per heavy atom. The van der Waals surface area contributed by atoms with Crippen LogP contribution in [-0.4, -0.2) is 56.1 Å². The Bertz CT molecular complexity index is 1550. The first-order chi connectivity index (χ1) is 18.2. The molecule has 0 unspecified atom stereocenters. The molecule has 38 heavy (non-hydrogen) atoms. The molecular weight excluding hydrogens is 508 g/mol. The summed E-state index contributed by atoms with van der Waals surface area (Å²) in [6.07, 6.45) is 2.69. The normalized spacial score (nSPS) is 22.1. The van der Waals surface area contributed by atoms with Crippen LogP contribution in [0.15, 0.2) is 54.2 Å². The van der Waals surface area contributed by atoms with Gasteiger partial charge in [-0.2, -0.15) is 0 Å². The van der Waals surface area contributed by atoms with Crippen molar-refractivity contribution in [3.63, 3.8) is 0 Å². The van der Waals surface area contributed by atoms with Crippen molar-refractivity contribution in [1.29, 1.82) is 0 Å². The van der Waals surface area contributed by atoms with E-state index in [0.717, 1.165) is 21.7 Å². The van der Waals surface area contributed by atoms with Crippen LogP contribution in [0.4, 0.5) is 8.78 Å². The second-order valence-corrected chi connectivity index (χ2v) is 11.1. The molecule has 1 aromatic carbocycles. The van der Waals surface area contributed by atoms with Crippen LogP contribution in [0.3, 0.4) is 0 Å². The zero-order valence-corrected chi connectivity index (χ0v) is 21.8. The van der Waals surface area contributed by atoms with Crippen LogP contribution in [0.1, 0.15) is 44.9 Å². The molecule has 1 aliphatic heterocycles. The SMILES string of the molecule is Cc1cccc(-c2nc(C(=O)N3C[C@@H]4CC(F)(F)C[C@@H]4[C@H]3CNC(=O)c3cnc4ccccn34)cs2)c1C. The maximum atomic E-state index is 14.3. The van der Waals surface area contributed by atoms with Crippen molar-refractivity contribution in [2.75, 3.05) is 13.1 Å². The summed E-state index contributed by atoms with van der Waals surface area (Å²) in [6, 6.07) is 10.9. The average molecular weight is 536 g/mol. The quantitative estimate of drug-likeness (QED) is 0.391. The van der Waals surface area contributed by atoms with Gasteiger partial charge in [-0.05, 0) is 48.9 Å². The number of pyridine rings is 1. The fraction of sp³-hybridized carbons (Fsp3) is 0.357. The van der Waals surface area contributed by atoms with E-state index in [-0.39, 0.29) is 43.7 Å². The van der Waals surface area contributed by atoms with Crippen LogP contribution >= 0.6 is 11.3 Å². The minimum absolute atomic E-state index is 0.0792. The van der Waals surface area contributed by atoms with E-state index in [2.05, 4.69) is 15.3 Å². The standard InChI is InChI=1S/C28H27F2N5O2S/c1-16-6-5-7-19(17(16)2)26-33-21(15-38-26)27(37)35-14-18-10-28(29,30)11-20(18)22(35)12-32-25(36)23-13-31-24-8-3-4-9-34(23)24/h3-9,13,15,18,20,22H,10-12,14H2,1-2H3,(H,32,36)/t18-,20-,22+/m0/s1. The molecule has 2 aliphatic rings. The molecule has 2 amide bonds. The molecule has 2 fully saturated rings. The van der Waals surface area contributed by atoms with Gasteiger partial charge in [-0.15, -0.1) is 11.3 Å². The molecule has 196 valence electrons. The zero-order valence-electron chi connectivity index (χ0n) is 21.0. The number of halogens is 2. The van der Waals surface area contributed by atoms with Crippen LogP contribution < -0.4 is 5.32 Å². The van der Waals surface area contributed by atoms with E-state index in [1.807, 2.05) is 38.1 Å². The Morgan fingerprint density at radius 3 is 2.84 bits per heavy atom. The van der Waals surface area contributed by atoms with E-state index < -0.39 is 17.9 Å². The van der Waals surface area contributed by atoms with Crippen molar-refractivity contribution in [3.05, 3.63) is 76.7 Å². The number of hydrogen-bond donors (Lipinski definition) is 1. The van der Waals surface area contributed by atoms with Crippen molar-refractivity contribution in [2.45, 2.75) is 38.7 Å². The number of amides is 2. The third-order valence-corrected chi connectivity index (χ3v) is 8.84. The van der Waals surface area contributed by atoms with E-state index in [1.165, 1.54) is 17.5 Å². The molecule has 7 nitrogen and oxygen atoms in total. The maximum absolute atomic E-state index is 14.3. The number of nitrogens with one attached hydrogen (secondary N) is 1. The summed E-state index contributed by atoms with van der Waals surface area (Å²) < 4.78 is 30.3. The topological polar surface area (TPSA) is 79.6 Å². The van der Waals surface area contributed by atoms with Gasteiger partial charge in [0.05, 0.1) is 12.2 Å². The number of aromatic nitrogens is 3. The predicted octanol–water partition coefficient (Wildman–Crippen LogP) is 4.99. The first kappa shape index (κ1) is 24.7. The molecule has 1 saturated heterocycles. The molecule has 0 spiro atoms. The van der Waals surface area contributed by atoms with Crippen molar-refractivity contribution in [2.24, 2.45) is 11.8 Å².